The summed E-state index contributed by atoms with van der Waals surface area (Å²) in [5.74, 6) is 0. The van der Waals surface area contributed by atoms with Gasteiger partial charge in [0.1, 0.15) is 0 Å². The van der Waals surface area contributed by atoms with Crippen molar-refractivity contribution in [3.63, 3.8) is 0 Å². The van der Waals surface area contributed by atoms with Crippen LogP contribution in [0.1, 0.15) is 79.0 Å². The molecule has 0 aromatic heterocycles. The SMILES string of the molecule is Brc1cccc(Br)c1.CC(C)(C)c1ccc(N)cc1.CC(C)(C)c1ccc(Nc2cccc(Nc3ccc(C(C)(C)C)cc3)c2)cc1. The van der Waals surface area contributed by atoms with Gasteiger partial charge in [-0.15, -0.1) is 0 Å². The van der Waals surface area contributed by atoms with Gasteiger partial charge in [-0.25, -0.2) is 0 Å². The summed E-state index contributed by atoms with van der Waals surface area (Å²) < 4.78 is 2.21. The van der Waals surface area contributed by atoms with E-state index in [0.717, 1.165) is 37.4 Å². The summed E-state index contributed by atoms with van der Waals surface area (Å²) in [5, 5.41) is 7.00. The zero-order valence-corrected chi connectivity index (χ0v) is 32.6. The van der Waals surface area contributed by atoms with E-state index >= 15 is 0 Å². The van der Waals surface area contributed by atoms with E-state index in [1.165, 1.54) is 16.7 Å². The van der Waals surface area contributed by atoms with Gasteiger partial charge in [-0.2, -0.15) is 0 Å². The third-order valence-corrected chi connectivity index (χ3v) is 8.49. The summed E-state index contributed by atoms with van der Waals surface area (Å²) >= 11 is 6.66. The topological polar surface area (TPSA) is 50.1 Å². The molecule has 5 aromatic carbocycles. The average Bonchev–Trinajstić information content (AvgIpc) is 2.97. The Kier molecular flexibility index (Phi) is 13.3. The van der Waals surface area contributed by atoms with Crippen molar-refractivity contribution in [1.29, 1.82) is 0 Å². The van der Waals surface area contributed by atoms with Crippen LogP contribution >= 0.6 is 31.9 Å². The monoisotopic (exact) mass is 755 g/mol. The fraction of sp³-hybridized carbons (Fsp3) is 0.286. The molecule has 0 saturated carbocycles. The Morgan fingerprint density at radius 3 is 1.02 bits per heavy atom. The van der Waals surface area contributed by atoms with Crippen LogP contribution in [0.15, 0.2) is 130 Å². The van der Waals surface area contributed by atoms with E-state index in [9.17, 15) is 0 Å². The van der Waals surface area contributed by atoms with Crippen molar-refractivity contribution in [2.24, 2.45) is 0 Å². The third-order valence-electron chi connectivity index (χ3n) is 7.51. The van der Waals surface area contributed by atoms with Gasteiger partial charge < -0.3 is 16.4 Å². The fourth-order valence-corrected chi connectivity index (χ4v) is 5.66. The summed E-state index contributed by atoms with van der Waals surface area (Å²) in [7, 11) is 0. The fourth-order valence-electron chi connectivity index (χ4n) is 4.56. The minimum atomic E-state index is 0.172. The zero-order valence-electron chi connectivity index (χ0n) is 29.4. The van der Waals surface area contributed by atoms with E-state index < -0.39 is 0 Å². The summed E-state index contributed by atoms with van der Waals surface area (Å²) in [6.07, 6.45) is 0. The van der Waals surface area contributed by atoms with E-state index in [1.807, 2.05) is 36.4 Å². The standard InChI is InChI=1S/C26H32N2.C10H15N.C6H4Br2/c1-25(2,3)19-10-14-21(15-11-19)27-23-8-7-9-24(18-23)28-22-16-12-20(13-17-22)26(4,5)6;1-10(2,3)8-4-6-9(11)7-5-8;7-5-2-1-3-6(8)4-5/h7-18,27-28H,1-6H3;4-7H,11H2,1-3H3;1-4H. The van der Waals surface area contributed by atoms with Gasteiger partial charge in [0.25, 0.3) is 0 Å². The molecule has 0 spiro atoms. The van der Waals surface area contributed by atoms with Crippen molar-refractivity contribution >= 4 is 60.3 Å². The minimum absolute atomic E-state index is 0.172. The average molecular weight is 758 g/mol. The van der Waals surface area contributed by atoms with Gasteiger partial charge in [-0.05, 0) is 106 Å². The van der Waals surface area contributed by atoms with Crippen LogP contribution < -0.4 is 16.4 Å². The molecule has 0 saturated heterocycles. The van der Waals surface area contributed by atoms with Crippen LogP contribution in [0.25, 0.3) is 0 Å². The first-order chi connectivity index (χ1) is 21.9. The number of anilines is 5. The third kappa shape index (κ3) is 13.2. The van der Waals surface area contributed by atoms with Gasteiger partial charge in [0.15, 0.2) is 0 Å². The first-order valence-electron chi connectivity index (χ1n) is 16.0. The first kappa shape index (κ1) is 37.9. The molecular formula is C42H51Br2N3. The number of benzene rings is 5. The summed E-state index contributed by atoms with van der Waals surface area (Å²) in [4.78, 5) is 0. The molecule has 4 N–H and O–H groups in total. The van der Waals surface area contributed by atoms with Crippen LogP contribution in [0.5, 0.6) is 0 Å². The van der Waals surface area contributed by atoms with E-state index in [4.69, 9.17) is 5.73 Å². The number of nitrogen functional groups attached to an aromatic ring is 1. The van der Waals surface area contributed by atoms with Gasteiger partial charge in [0, 0.05) is 37.4 Å². The van der Waals surface area contributed by atoms with E-state index in [1.54, 1.807) is 0 Å². The lowest BCUT2D eigenvalue weighted by atomic mass is 9.87. The lowest BCUT2D eigenvalue weighted by Gasteiger charge is -2.19. The summed E-state index contributed by atoms with van der Waals surface area (Å²) in [6.45, 7) is 20.0. The number of hydrogen-bond acceptors (Lipinski definition) is 3. The predicted molar refractivity (Wildman–Crippen MR) is 215 cm³/mol. The first-order valence-corrected chi connectivity index (χ1v) is 17.6. The zero-order chi connectivity index (χ0) is 34.8. The molecule has 0 aliphatic carbocycles. The molecule has 5 rings (SSSR count). The Labute approximate surface area is 300 Å². The van der Waals surface area contributed by atoms with Crippen molar-refractivity contribution < 1.29 is 0 Å². The minimum Gasteiger partial charge on any atom is -0.399 e. The molecule has 0 aliphatic rings. The second-order valence-electron chi connectivity index (χ2n) is 14.8. The number of nitrogens with one attached hydrogen (secondary N) is 2. The van der Waals surface area contributed by atoms with Crippen LogP contribution in [0.4, 0.5) is 28.4 Å². The number of rotatable bonds is 4. The molecule has 0 aliphatic heterocycles. The molecule has 248 valence electrons. The van der Waals surface area contributed by atoms with Crippen molar-refractivity contribution in [3.05, 3.63) is 147 Å². The largest absolute Gasteiger partial charge is 0.399 e. The maximum Gasteiger partial charge on any atom is 0.0405 e. The van der Waals surface area contributed by atoms with Crippen molar-refractivity contribution in [1.82, 2.24) is 0 Å². The van der Waals surface area contributed by atoms with Crippen molar-refractivity contribution in [2.45, 2.75) is 78.6 Å². The molecule has 0 bridgehead atoms. The molecule has 47 heavy (non-hydrogen) atoms. The highest BCUT2D eigenvalue weighted by Crippen LogP contribution is 2.28. The van der Waals surface area contributed by atoms with E-state index in [-0.39, 0.29) is 16.2 Å². The van der Waals surface area contributed by atoms with Gasteiger partial charge in [-0.1, -0.05) is 143 Å². The number of halogens is 2. The van der Waals surface area contributed by atoms with Crippen LogP contribution in [-0.4, -0.2) is 0 Å². The highest BCUT2D eigenvalue weighted by Gasteiger charge is 2.14. The molecular weight excluding hydrogens is 706 g/mol. The maximum absolute atomic E-state index is 5.57. The van der Waals surface area contributed by atoms with Gasteiger partial charge in [-0.3, -0.25) is 0 Å². The van der Waals surface area contributed by atoms with Crippen molar-refractivity contribution in [3.8, 4) is 0 Å². The molecule has 0 heterocycles. The van der Waals surface area contributed by atoms with Gasteiger partial charge in [0.2, 0.25) is 0 Å². The summed E-state index contributed by atoms with van der Waals surface area (Å²) in [5.41, 5.74) is 15.3. The van der Waals surface area contributed by atoms with Crippen LogP contribution in [0.3, 0.4) is 0 Å². The molecule has 0 radical (unpaired) electrons. The molecule has 5 heteroatoms. The Bertz CT molecular complexity index is 1580. The summed E-state index contributed by atoms with van der Waals surface area (Å²) in [6, 6.07) is 41.8. The van der Waals surface area contributed by atoms with Crippen LogP contribution in [-0.2, 0) is 16.2 Å². The van der Waals surface area contributed by atoms with Crippen LogP contribution in [0.2, 0.25) is 0 Å². The Hall–Kier alpha value is -3.54. The molecule has 3 nitrogen and oxygen atoms in total. The second-order valence-corrected chi connectivity index (χ2v) is 16.6. The molecule has 0 unspecified atom stereocenters. The number of nitrogens with two attached hydrogens (primary N) is 1. The highest BCUT2D eigenvalue weighted by molar-refractivity contribution is 9.11. The quantitative estimate of drug-likeness (QED) is 0.160. The Morgan fingerprint density at radius 2 is 0.723 bits per heavy atom. The lowest BCUT2D eigenvalue weighted by Crippen LogP contribution is -2.10. The Balaban J connectivity index is 0.000000256. The highest BCUT2D eigenvalue weighted by atomic mass is 79.9. The maximum atomic E-state index is 5.57. The molecule has 5 aromatic rings. The van der Waals surface area contributed by atoms with E-state index in [0.29, 0.717) is 0 Å². The smallest absolute Gasteiger partial charge is 0.0405 e. The van der Waals surface area contributed by atoms with Crippen molar-refractivity contribution in [2.75, 3.05) is 16.4 Å². The van der Waals surface area contributed by atoms with E-state index in [2.05, 4.69) is 190 Å². The number of hydrogen-bond donors (Lipinski definition) is 3. The molecule has 0 amide bonds. The Morgan fingerprint density at radius 1 is 0.404 bits per heavy atom. The lowest BCUT2D eigenvalue weighted by molar-refractivity contribution is 0.590. The molecule has 0 fully saturated rings. The van der Waals surface area contributed by atoms with Gasteiger partial charge in [0.05, 0.1) is 0 Å². The second kappa shape index (κ2) is 16.5. The molecule has 0 atom stereocenters. The normalized spacial score (nSPS) is 11.4. The van der Waals surface area contributed by atoms with Gasteiger partial charge >= 0.3 is 0 Å². The van der Waals surface area contributed by atoms with Crippen LogP contribution in [0, 0.1) is 0 Å². The predicted octanol–water partition coefficient (Wildman–Crippen LogP) is 13.5.